The summed E-state index contributed by atoms with van der Waals surface area (Å²) in [7, 11) is 0. The lowest BCUT2D eigenvalue weighted by molar-refractivity contribution is 0.319. The van der Waals surface area contributed by atoms with Crippen LogP contribution >= 0.6 is 11.8 Å². The molecule has 0 amide bonds. The van der Waals surface area contributed by atoms with Crippen LogP contribution in [0.3, 0.4) is 0 Å². The van der Waals surface area contributed by atoms with E-state index in [4.69, 9.17) is 5.21 Å². The van der Waals surface area contributed by atoms with E-state index >= 15 is 0 Å². The lowest BCUT2D eigenvalue weighted by Gasteiger charge is -2.35. The highest BCUT2D eigenvalue weighted by Gasteiger charge is 2.37. The van der Waals surface area contributed by atoms with Gasteiger partial charge in [-0.2, -0.15) is 5.26 Å². The highest BCUT2D eigenvalue weighted by atomic mass is 32.2. The first kappa shape index (κ1) is 17.8. The van der Waals surface area contributed by atoms with Gasteiger partial charge in [-0.05, 0) is 16.7 Å². The third-order valence-corrected chi connectivity index (χ3v) is 5.77. The number of thioether (sulfide) groups is 1. The standard InChI is InChI=1S/C22H18N2OS/c23-16-21(24-25)17-26-22(18-10-4-1-5-11-18,19-12-6-2-7-13-19)20-14-8-3-9-15-20/h1-15,25H,17H2/b24-21+. The topological polar surface area (TPSA) is 56.4 Å². The average Bonchev–Trinajstić information content (AvgIpc) is 2.74. The molecule has 3 rings (SSSR count). The predicted molar refractivity (Wildman–Crippen MR) is 107 cm³/mol. The van der Waals surface area contributed by atoms with Crippen molar-refractivity contribution in [1.29, 1.82) is 5.26 Å². The summed E-state index contributed by atoms with van der Waals surface area (Å²) in [6.45, 7) is 0. The van der Waals surface area contributed by atoms with Crippen LogP contribution in [0, 0.1) is 11.3 Å². The van der Waals surface area contributed by atoms with Gasteiger partial charge in [0.15, 0.2) is 5.71 Å². The minimum absolute atomic E-state index is 0.0992. The Hall–Kier alpha value is -3.03. The predicted octanol–water partition coefficient (Wildman–Crippen LogP) is 5.07. The van der Waals surface area contributed by atoms with Gasteiger partial charge in [-0.1, -0.05) is 96.2 Å². The summed E-state index contributed by atoms with van der Waals surface area (Å²) in [5, 5.41) is 21.4. The molecule has 0 radical (unpaired) electrons. The van der Waals surface area contributed by atoms with Crippen LogP contribution in [0.1, 0.15) is 16.7 Å². The molecule has 26 heavy (non-hydrogen) atoms. The number of rotatable bonds is 6. The Morgan fingerprint density at radius 2 is 1.19 bits per heavy atom. The highest BCUT2D eigenvalue weighted by Crippen LogP contribution is 2.48. The van der Waals surface area contributed by atoms with Gasteiger partial charge in [0.2, 0.25) is 0 Å². The zero-order valence-electron chi connectivity index (χ0n) is 14.1. The maximum absolute atomic E-state index is 9.18. The largest absolute Gasteiger partial charge is 0.410 e. The van der Waals surface area contributed by atoms with E-state index in [-0.39, 0.29) is 5.71 Å². The summed E-state index contributed by atoms with van der Waals surface area (Å²) in [5.74, 6) is 0.297. The van der Waals surface area contributed by atoms with Crippen LogP contribution in [0.25, 0.3) is 0 Å². The molecule has 0 atom stereocenters. The number of hydrogen-bond donors (Lipinski definition) is 1. The molecule has 0 aliphatic heterocycles. The van der Waals surface area contributed by atoms with Crippen molar-refractivity contribution in [3.05, 3.63) is 108 Å². The van der Waals surface area contributed by atoms with Crippen molar-refractivity contribution >= 4 is 17.5 Å². The van der Waals surface area contributed by atoms with E-state index in [1.165, 1.54) is 0 Å². The van der Waals surface area contributed by atoms with E-state index in [2.05, 4.69) is 41.6 Å². The van der Waals surface area contributed by atoms with E-state index in [1.807, 2.05) is 60.7 Å². The fourth-order valence-electron chi connectivity index (χ4n) is 3.03. The van der Waals surface area contributed by atoms with Crippen LogP contribution in [-0.2, 0) is 4.75 Å². The molecule has 3 aromatic rings. The van der Waals surface area contributed by atoms with Gasteiger partial charge in [0, 0.05) is 0 Å². The Morgan fingerprint density at radius 3 is 1.50 bits per heavy atom. The molecule has 0 heterocycles. The van der Waals surface area contributed by atoms with Gasteiger partial charge in [-0.3, -0.25) is 0 Å². The molecule has 0 aromatic heterocycles. The van der Waals surface area contributed by atoms with Crippen molar-refractivity contribution < 1.29 is 5.21 Å². The molecule has 4 heteroatoms. The van der Waals surface area contributed by atoms with Crippen molar-refractivity contribution in [2.45, 2.75) is 4.75 Å². The van der Waals surface area contributed by atoms with Crippen LogP contribution in [0.4, 0.5) is 0 Å². The Balaban J connectivity index is 2.23. The smallest absolute Gasteiger partial charge is 0.166 e. The Kier molecular flexibility index (Phi) is 5.73. The normalized spacial score (nSPS) is 11.7. The van der Waals surface area contributed by atoms with E-state index in [1.54, 1.807) is 11.8 Å². The molecule has 0 spiro atoms. The molecule has 0 saturated heterocycles. The fourth-order valence-corrected chi connectivity index (χ4v) is 4.41. The van der Waals surface area contributed by atoms with Crippen molar-refractivity contribution in [3.8, 4) is 6.07 Å². The van der Waals surface area contributed by atoms with Crippen molar-refractivity contribution in [3.63, 3.8) is 0 Å². The summed E-state index contributed by atoms with van der Waals surface area (Å²) in [4.78, 5) is 0. The Morgan fingerprint density at radius 1 is 0.808 bits per heavy atom. The monoisotopic (exact) mass is 358 g/mol. The second kappa shape index (κ2) is 8.37. The maximum Gasteiger partial charge on any atom is 0.166 e. The van der Waals surface area contributed by atoms with Crippen LogP contribution in [0.15, 0.2) is 96.2 Å². The summed E-state index contributed by atoms with van der Waals surface area (Å²) >= 11 is 1.57. The summed E-state index contributed by atoms with van der Waals surface area (Å²) < 4.78 is -0.517. The first-order valence-corrected chi connectivity index (χ1v) is 9.21. The SMILES string of the molecule is N#C/C(CSC(c1ccccc1)(c1ccccc1)c1ccccc1)=N\O. The second-order valence-electron chi connectivity index (χ2n) is 5.73. The van der Waals surface area contributed by atoms with Gasteiger partial charge in [0.1, 0.15) is 6.07 Å². The van der Waals surface area contributed by atoms with E-state index < -0.39 is 4.75 Å². The summed E-state index contributed by atoms with van der Waals surface area (Å²) in [5.41, 5.74) is 3.43. The van der Waals surface area contributed by atoms with Crippen LogP contribution in [-0.4, -0.2) is 16.7 Å². The van der Waals surface area contributed by atoms with Gasteiger partial charge in [-0.25, -0.2) is 0 Å². The molecular weight excluding hydrogens is 340 g/mol. The molecule has 0 aliphatic rings. The van der Waals surface area contributed by atoms with Gasteiger partial charge in [-0.15, -0.1) is 11.8 Å². The zero-order valence-corrected chi connectivity index (χ0v) is 14.9. The fraction of sp³-hybridized carbons (Fsp3) is 0.0909. The molecule has 1 N–H and O–H groups in total. The van der Waals surface area contributed by atoms with Crippen LogP contribution in [0.5, 0.6) is 0 Å². The molecule has 0 aliphatic carbocycles. The molecule has 0 fully saturated rings. The van der Waals surface area contributed by atoms with Gasteiger partial charge in [0.25, 0.3) is 0 Å². The molecule has 0 bridgehead atoms. The van der Waals surface area contributed by atoms with Crippen molar-refractivity contribution in [2.75, 3.05) is 5.75 Å². The quantitative estimate of drug-likeness (QED) is 0.290. The lowest BCUT2D eigenvalue weighted by Crippen LogP contribution is -2.27. The van der Waals surface area contributed by atoms with Gasteiger partial charge >= 0.3 is 0 Å². The van der Waals surface area contributed by atoms with Crippen molar-refractivity contribution in [2.24, 2.45) is 5.16 Å². The molecular formula is C22H18N2OS. The second-order valence-corrected chi connectivity index (χ2v) is 6.92. The number of nitrogens with zero attached hydrogens (tertiary/aromatic N) is 2. The zero-order chi connectivity index (χ0) is 18.2. The Labute approximate surface area is 157 Å². The van der Waals surface area contributed by atoms with E-state index in [0.29, 0.717) is 5.75 Å². The third-order valence-electron chi connectivity index (χ3n) is 4.22. The summed E-state index contributed by atoms with van der Waals surface area (Å²) in [6, 6.07) is 32.6. The molecule has 3 aromatic carbocycles. The van der Waals surface area contributed by atoms with E-state index in [9.17, 15) is 5.26 Å². The van der Waals surface area contributed by atoms with E-state index in [0.717, 1.165) is 16.7 Å². The van der Waals surface area contributed by atoms with Gasteiger partial charge < -0.3 is 5.21 Å². The Bertz CT molecular complexity index is 806. The minimum Gasteiger partial charge on any atom is -0.410 e. The summed E-state index contributed by atoms with van der Waals surface area (Å²) in [6.07, 6.45) is 0. The van der Waals surface area contributed by atoms with Crippen LogP contribution < -0.4 is 0 Å². The average molecular weight is 358 g/mol. The minimum atomic E-state index is -0.517. The maximum atomic E-state index is 9.18. The van der Waals surface area contributed by atoms with Gasteiger partial charge in [0.05, 0.1) is 10.5 Å². The molecule has 128 valence electrons. The first-order chi connectivity index (χ1) is 12.8. The number of nitriles is 1. The molecule has 0 unspecified atom stereocenters. The number of benzene rings is 3. The first-order valence-electron chi connectivity index (χ1n) is 8.23. The third kappa shape index (κ3) is 3.49. The highest BCUT2D eigenvalue weighted by molar-refractivity contribution is 8.01. The number of oxime groups is 1. The lowest BCUT2D eigenvalue weighted by atomic mass is 9.84. The number of hydrogen-bond acceptors (Lipinski definition) is 4. The van der Waals surface area contributed by atoms with Crippen molar-refractivity contribution in [1.82, 2.24) is 0 Å². The molecule has 3 nitrogen and oxygen atoms in total. The van der Waals surface area contributed by atoms with Crippen LogP contribution in [0.2, 0.25) is 0 Å². The molecule has 0 saturated carbocycles.